The van der Waals surface area contributed by atoms with Crippen LogP contribution in [0.1, 0.15) is 37.7 Å². The van der Waals surface area contributed by atoms with E-state index >= 15 is 0 Å². The van der Waals surface area contributed by atoms with Gasteiger partial charge in [0.25, 0.3) is 0 Å². The van der Waals surface area contributed by atoms with Crippen molar-refractivity contribution in [1.82, 2.24) is 0 Å². The van der Waals surface area contributed by atoms with E-state index in [9.17, 15) is 18.3 Å². The van der Waals surface area contributed by atoms with E-state index in [-0.39, 0.29) is 17.9 Å². The highest BCUT2D eigenvalue weighted by atomic mass is 19.4. The zero-order valence-corrected chi connectivity index (χ0v) is 11.1. The third-order valence-electron chi connectivity index (χ3n) is 3.74. The molecule has 112 valence electrons. The lowest BCUT2D eigenvalue weighted by molar-refractivity contribution is -0.137. The summed E-state index contributed by atoms with van der Waals surface area (Å²) in [4.78, 5) is 0. The second-order valence-electron chi connectivity index (χ2n) is 5.44. The number of halogens is 3. The van der Waals surface area contributed by atoms with Crippen molar-refractivity contribution in [2.45, 2.75) is 43.9 Å². The van der Waals surface area contributed by atoms with Gasteiger partial charge in [-0.1, -0.05) is 19.3 Å². The van der Waals surface area contributed by atoms with Crippen LogP contribution in [0.2, 0.25) is 0 Å². The number of hydrogen-bond donors (Lipinski definition) is 3. The molecule has 0 aromatic heterocycles. The van der Waals surface area contributed by atoms with Gasteiger partial charge >= 0.3 is 6.18 Å². The number of nitrogen functional groups attached to an aromatic ring is 1. The van der Waals surface area contributed by atoms with E-state index in [1.807, 2.05) is 0 Å². The van der Waals surface area contributed by atoms with Gasteiger partial charge in [-0.25, -0.2) is 0 Å². The number of nitrogens with two attached hydrogens (primary N) is 1. The van der Waals surface area contributed by atoms with Crippen molar-refractivity contribution in [1.29, 1.82) is 0 Å². The topological polar surface area (TPSA) is 58.3 Å². The first-order chi connectivity index (χ1) is 9.30. The van der Waals surface area contributed by atoms with Crippen molar-refractivity contribution in [3.63, 3.8) is 0 Å². The second-order valence-corrected chi connectivity index (χ2v) is 5.44. The predicted octanol–water partition coefficient (Wildman–Crippen LogP) is 3.39. The van der Waals surface area contributed by atoms with Crippen LogP contribution >= 0.6 is 0 Å². The first-order valence-corrected chi connectivity index (χ1v) is 6.73. The Morgan fingerprint density at radius 1 is 1.20 bits per heavy atom. The number of benzene rings is 1. The smallest absolute Gasteiger partial charge is 0.399 e. The molecule has 0 atom stereocenters. The second kappa shape index (κ2) is 5.52. The molecule has 1 aromatic rings. The van der Waals surface area contributed by atoms with Crippen molar-refractivity contribution in [3.8, 4) is 0 Å². The van der Waals surface area contributed by atoms with Gasteiger partial charge in [-0.15, -0.1) is 0 Å². The highest BCUT2D eigenvalue weighted by Gasteiger charge is 2.35. The lowest BCUT2D eigenvalue weighted by Gasteiger charge is -2.32. The van der Waals surface area contributed by atoms with Crippen LogP contribution in [0.25, 0.3) is 0 Å². The molecule has 1 aliphatic rings. The summed E-state index contributed by atoms with van der Waals surface area (Å²) in [7, 11) is 0. The molecule has 0 saturated heterocycles. The molecule has 3 nitrogen and oxygen atoms in total. The molecule has 1 fully saturated rings. The van der Waals surface area contributed by atoms with E-state index in [2.05, 4.69) is 5.32 Å². The van der Waals surface area contributed by atoms with Gasteiger partial charge in [-0.05, 0) is 31.0 Å². The monoisotopic (exact) mass is 288 g/mol. The molecule has 20 heavy (non-hydrogen) atoms. The van der Waals surface area contributed by atoms with Crippen molar-refractivity contribution in [2.75, 3.05) is 17.6 Å². The Morgan fingerprint density at radius 2 is 1.85 bits per heavy atom. The van der Waals surface area contributed by atoms with E-state index < -0.39 is 17.3 Å². The maximum Gasteiger partial charge on any atom is 0.418 e. The third-order valence-corrected chi connectivity index (χ3v) is 3.74. The van der Waals surface area contributed by atoms with Gasteiger partial charge in [-0.2, -0.15) is 13.2 Å². The normalized spacial score (nSPS) is 18.8. The van der Waals surface area contributed by atoms with Crippen LogP contribution < -0.4 is 11.1 Å². The third kappa shape index (κ3) is 3.56. The highest BCUT2D eigenvalue weighted by molar-refractivity contribution is 5.59. The van der Waals surface area contributed by atoms with Crippen LogP contribution in [0, 0.1) is 0 Å². The number of rotatable bonds is 3. The van der Waals surface area contributed by atoms with Gasteiger partial charge in [0.1, 0.15) is 0 Å². The van der Waals surface area contributed by atoms with E-state index in [0.29, 0.717) is 12.8 Å². The molecule has 1 saturated carbocycles. The maximum absolute atomic E-state index is 12.9. The van der Waals surface area contributed by atoms with Crippen LogP contribution in [-0.2, 0) is 6.18 Å². The minimum absolute atomic E-state index is 0.0364. The highest BCUT2D eigenvalue weighted by Crippen LogP contribution is 2.37. The molecule has 0 heterocycles. The van der Waals surface area contributed by atoms with Crippen LogP contribution in [-0.4, -0.2) is 17.3 Å². The van der Waals surface area contributed by atoms with Gasteiger partial charge in [-0.3, -0.25) is 0 Å². The van der Waals surface area contributed by atoms with Crippen LogP contribution in [0.4, 0.5) is 24.5 Å². The van der Waals surface area contributed by atoms with Crippen LogP contribution in [0.15, 0.2) is 18.2 Å². The van der Waals surface area contributed by atoms with Crippen LogP contribution in [0.3, 0.4) is 0 Å². The molecule has 6 heteroatoms. The van der Waals surface area contributed by atoms with E-state index in [4.69, 9.17) is 5.73 Å². The first kappa shape index (κ1) is 15.0. The molecule has 0 bridgehead atoms. The Morgan fingerprint density at radius 3 is 2.45 bits per heavy atom. The number of nitrogens with one attached hydrogen (secondary N) is 1. The number of alkyl halides is 3. The average molecular weight is 288 g/mol. The summed E-state index contributed by atoms with van der Waals surface area (Å²) in [6.45, 7) is 0.125. The molecule has 2 rings (SSSR count). The fourth-order valence-electron chi connectivity index (χ4n) is 2.60. The fraction of sp³-hybridized carbons (Fsp3) is 0.571. The largest absolute Gasteiger partial charge is 0.418 e. The predicted molar refractivity (Wildman–Crippen MR) is 72.4 cm³/mol. The van der Waals surface area contributed by atoms with Gasteiger partial charge in [0.05, 0.1) is 11.2 Å². The first-order valence-electron chi connectivity index (χ1n) is 6.73. The molecule has 1 aromatic carbocycles. The van der Waals surface area contributed by atoms with Crippen molar-refractivity contribution in [3.05, 3.63) is 23.8 Å². The Bertz CT molecular complexity index is 468. The zero-order chi connectivity index (χ0) is 14.8. The quantitative estimate of drug-likeness (QED) is 0.747. The Kier molecular flexibility index (Phi) is 4.13. The lowest BCUT2D eigenvalue weighted by Crippen LogP contribution is -2.39. The fourth-order valence-corrected chi connectivity index (χ4v) is 2.60. The van der Waals surface area contributed by atoms with Crippen molar-refractivity contribution >= 4 is 11.4 Å². The standard InChI is InChI=1S/C14H19F3N2O/c15-14(16,17)11-8-10(18)4-5-12(11)19-9-13(20)6-2-1-3-7-13/h4-5,8,19-20H,1-3,6-7,9,18H2. The molecule has 0 unspecified atom stereocenters. The van der Waals surface area contributed by atoms with Gasteiger partial charge in [0.2, 0.25) is 0 Å². The van der Waals surface area contributed by atoms with Gasteiger partial charge in [0.15, 0.2) is 0 Å². The summed E-state index contributed by atoms with van der Waals surface area (Å²) >= 11 is 0. The van der Waals surface area contributed by atoms with Gasteiger partial charge < -0.3 is 16.2 Å². The lowest BCUT2D eigenvalue weighted by atomic mass is 9.85. The number of hydrogen-bond acceptors (Lipinski definition) is 3. The summed E-state index contributed by atoms with van der Waals surface area (Å²) in [5, 5.41) is 13.0. The summed E-state index contributed by atoms with van der Waals surface area (Å²) < 4.78 is 38.8. The van der Waals surface area contributed by atoms with E-state index in [0.717, 1.165) is 25.3 Å². The number of anilines is 2. The summed E-state index contributed by atoms with van der Waals surface area (Å²) in [6, 6.07) is 3.64. The molecule has 1 aliphatic carbocycles. The van der Waals surface area contributed by atoms with Crippen LogP contribution in [0.5, 0.6) is 0 Å². The van der Waals surface area contributed by atoms with Gasteiger partial charge in [0, 0.05) is 17.9 Å². The molecule has 0 radical (unpaired) electrons. The maximum atomic E-state index is 12.9. The molecule has 0 spiro atoms. The van der Waals surface area contributed by atoms with E-state index in [1.165, 1.54) is 12.1 Å². The van der Waals surface area contributed by atoms with Crippen molar-refractivity contribution in [2.24, 2.45) is 0 Å². The minimum atomic E-state index is -4.47. The van der Waals surface area contributed by atoms with Crippen molar-refractivity contribution < 1.29 is 18.3 Å². The summed E-state index contributed by atoms with van der Waals surface area (Å²) in [5.74, 6) is 0. The number of aliphatic hydroxyl groups is 1. The van der Waals surface area contributed by atoms with E-state index in [1.54, 1.807) is 0 Å². The molecule has 0 amide bonds. The molecular weight excluding hydrogens is 269 g/mol. The Labute approximate surface area is 116 Å². The molecular formula is C14H19F3N2O. The Balaban J connectivity index is 2.13. The molecule has 4 N–H and O–H groups in total. The molecule has 0 aliphatic heterocycles. The Hall–Kier alpha value is -1.43. The summed E-state index contributed by atoms with van der Waals surface area (Å²) in [6.07, 6.45) is -0.338. The summed E-state index contributed by atoms with van der Waals surface area (Å²) in [5.41, 5.74) is 3.74. The average Bonchev–Trinajstić information content (AvgIpc) is 2.37. The minimum Gasteiger partial charge on any atom is -0.399 e. The zero-order valence-electron chi connectivity index (χ0n) is 11.1. The SMILES string of the molecule is Nc1ccc(NCC2(O)CCCCC2)c(C(F)(F)F)c1.